The lowest BCUT2D eigenvalue weighted by molar-refractivity contribution is -0.759. The molecule has 25 heavy (non-hydrogen) atoms. The first-order valence-corrected chi connectivity index (χ1v) is 8.88. The summed E-state index contributed by atoms with van der Waals surface area (Å²) in [4.78, 5) is 0. The van der Waals surface area contributed by atoms with Gasteiger partial charge in [0.2, 0.25) is 0 Å². The second-order valence-corrected chi connectivity index (χ2v) is 7.87. The van der Waals surface area contributed by atoms with E-state index in [1.165, 1.54) is 50.5 Å². The molecule has 0 fully saturated rings. The van der Waals surface area contributed by atoms with Gasteiger partial charge in [-0.1, -0.05) is 31.7 Å². The van der Waals surface area contributed by atoms with Crippen molar-refractivity contribution in [3.63, 3.8) is 0 Å². The predicted molar refractivity (Wildman–Crippen MR) is 106 cm³/mol. The van der Waals surface area contributed by atoms with Gasteiger partial charge in [0.05, 0.1) is 6.42 Å². The van der Waals surface area contributed by atoms with E-state index in [-0.39, 0.29) is 13.0 Å². The number of rotatable bonds is 0. The van der Waals surface area contributed by atoms with Crippen LogP contribution in [-0.4, -0.2) is 4.40 Å². The summed E-state index contributed by atoms with van der Waals surface area (Å²) in [5.74, 6) is 1.41. The molecule has 0 N–H and O–H groups in total. The zero-order valence-corrected chi connectivity index (χ0v) is 15.9. The summed E-state index contributed by atoms with van der Waals surface area (Å²) in [6.07, 6.45) is 0.997. The second-order valence-electron chi connectivity index (χ2n) is 7.87. The van der Waals surface area contributed by atoms with Gasteiger partial charge < -0.3 is 0 Å². The maximum Gasteiger partial charge on any atom is 0.267 e. The first kappa shape index (κ1) is 17.7. The number of hydrogen-bond acceptors (Lipinski definition) is 0. The van der Waals surface area contributed by atoms with Gasteiger partial charge >= 0.3 is 0 Å². The van der Waals surface area contributed by atoms with Crippen molar-refractivity contribution >= 4 is 5.52 Å². The van der Waals surface area contributed by atoms with Gasteiger partial charge in [-0.3, -0.25) is 0 Å². The first-order valence-electron chi connectivity index (χ1n) is 8.88. The largest absolute Gasteiger partial charge is 0.267 e. The van der Waals surface area contributed by atoms with Crippen molar-refractivity contribution in [2.75, 3.05) is 0 Å². The minimum Gasteiger partial charge on any atom is -0.221 e. The van der Waals surface area contributed by atoms with Gasteiger partial charge in [-0.15, -0.1) is 0 Å². The van der Waals surface area contributed by atoms with Gasteiger partial charge in [-0.05, 0) is 58.2 Å². The third-order valence-electron chi connectivity index (χ3n) is 6.36. The molecule has 0 atom stereocenters. The molecule has 2 heteroatoms. The minimum absolute atomic E-state index is 0. The summed E-state index contributed by atoms with van der Waals surface area (Å²) < 4.78 is 5.09. The highest BCUT2D eigenvalue weighted by Crippen LogP contribution is 2.34. The zero-order valence-electron chi connectivity index (χ0n) is 15.9. The third kappa shape index (κ3) is 2.06. The van der Waals surface area contributed by atoms with Gasteiger partial charge in [0.15, 0.2) is 5.52 Å². The summed E-state index contributed by atoms with van der Waals surface area (Å²) >= 11 is 0. The summed E-state index contributed by atoms with van der Waals surface area (Å²) in [5, 5.41) is 0. The zero-order chi connectivity index (χ0) is 17.4. The molecule has 0 bridgehead atoms. The Kier molecular flexibility index (Phi) is 3.87. The molecule has 2 aromatic heterocycles. The normalized spacial score (nSPS) is 14.8. The Morgan fingerprint density at radius 2 is 1.56 bits per heavy atom. The Morgan fingerprint density at radius 1 is 0.920 bits per heavy atom. The van der Waals surface area contributed by atoms with E-state index in [1.807, 2.05) is 0 Å². The maximum absolute atomic E-state index is 2.57. The van der Waals surface area contributed by atoms with E-state index < -0.39 is 0 Å². The van der Waals surface area contributed by atoms with Gasteiger partial charge in [0.1, 0.15) is 16.9 Å². The number of imidazole rings is 1. The van der Waals surface area contributed by atoms with Crippen LogP contribution in [0.5, 0.6) is 0 Å². The minimum atomic E-state index is -0.0268. The van der Waals surface area contributed by atoms with E-state index in [9.17, 15) is 0 Å². The van der Waals surface area contributed by atoms with Crippen LogP contribution >= 0.6 is 0 Å². The molecule has 1 aromatic carbocycles. The topological polar surface area (TPSA) is 8.29 Å². The van der Waals surface area contributed by atoms with Crippen molar-refractivity contribution in [1.82, 2.24) is 4.40 Å². The smallest absolute Gasteiger partial charge is 0.221 e. The predicted octanol–water partition coefficient (Wildman–Crippen LogP) is 5.09. The number of benzene rings is 1. The molecule has 2 nitrogen and oxygen atoms in total. The molecule has 0 radical (unpaired) electrons. The van der Waals surface area contributed by atoms with E-state index in [1.54, 1.807) is 0 Å². The number of pyridine rings is 1. The van der Waals surface area contributed by atoms with Crippen molar-refractivity contribution in [3.05, 3.63) is 69.3 Å². The van der Waals surface area contributed by atoms with Crippen LogP contribution in [0.1, 0.15) is 66.3 Å². The van der Waals surface area contributed by atoms with E-state index in [0.29, 0.717) is 0 Å². The Morgan fingerprint density at radius 3 is 2.24 bits per heavy atom. The average molecular weight is 336 g/mol. The molecule has 0 aliphatic carbocycles. The highest BCUT2D eigenvalue weighted by atomic mass is 15.2. The monoisotopic (exact) mass is 335 g/mol. The van der Waals surface area contributed by atoms with Crippen LogP contribution in [0.4, 0.5) is 0 Å². The quantitative estimate of drug-likeness (QED) is 0.506. The van der Waals surface area contributed by atoms with Crippen LogP contribution in [0.15, 0.2) is 24.3 Å². The Balaban J connectivity index is 0.00000182. The molecule has 0 saturated carbocycles. The maximum atomic E-state index is 2.57. The third-order valence-corrected chi connectivity index (χ3v) is 6.36. The standard InChI is InChI=1S/C22H27N2.CH4/c1-13-14(2)16(4)23-20-12-18-10-8-9-11-19(18)22(6,7)24(20)17(5)21(23)15(13)3;/h8-11H,12H2,1-7H3;1H4/q+1;. The second kappa shape index (κ2) is 5.45. The molecule has 0 spiro atoms. The number of fused-ring (bicyclic) bond motifs is 4. The van der Waals surface area contributed by atoms with E-state index in [0.717, 1.165) is 6.42 Å². The Bertz CT molecular complexity index is 1000. The highest BCUT2D eigenvalue weighted by Gasteiger charge is 2.42. The molecular weight excluding hydrogens is 304 g/mol. The molecule has 0 saturated heterocycles. The van der Waals surface area contributed by atoms with Gasteiger partial charge in [-0.2, -0.15) is 4.40 Å². The van der Waals surface area contributed by atoms with Crippen LogP contribution in [0.25, 0.3) is 5.52 Å². The van der Waals surface area contributed by atoms with Crippen LogP contribution in [0, 0.1) is 34.6 Å². The molecule has 1 aliphatic heterocycles. The van der Waals surface area contributed by atoms with Gasteiger partial charge in [0, 0.05) is 18.1 Å². The molecule has 0 amide bonds. The number of aryl methyl sites for hydroxylation is 3. The fourth-order valence-corrected chi connectivity index (χ4v) is 4.85. The van der Waals surface area contributed by atoms with Crippen LogP contribution < -0.4 is 4.57 Å². The molecule has 0 unspecified atom stereocenters. The lowest BCUT2D eigenvalue weighted by Crippen LogP contribution is -2.59. The molecule has 3 heterocycles. The summed E-state index contributed by atoms with van der Waals surface area (Å²) in [6.45, 7) is 16.0. The van der Waals surface area contributed by atoms with Crippen molar-refractivity contribution in [1.29, 1.82) is 0 Å². The SMILES string of the molecule is C.Cc1c(C)c(C)n2c3[n+](c(C)c2c1C)C(C)(C)c1ccccc1C3. The summed E-state index contributed by atoms with van der Waals surface area (Å²) in [7, 11) is 0. The van der Waals surface area contributed by atoms with E-state index in [2.05, 4.69) is 81.7 Å². The van der Waals surface area contributed by atoms with Crippen LogP contribution in [0.2, 0.25) is 0 Å². The van der Waals surface area contributed by atoms with Crippen molar-refractivity contribution in [3.8, 4) is 0 Å². The lowest BCUT2D eigenvalue weighted by Gasteiger charge is -2.30. The molecule has 1 aliphatic rings. The number of aromatic nitrogens is 2. The highest BCUT2D eigenvalue weighted by molar-refractivity contribution is 5.63. The fourth-order valence-electron chi connectivity index (χ4n) is 4.85. The number of nitrogens with zero attached hydrogens (tertiary/aromatic N) is 2. The average Bonchev–Trinajstić information content (AvgIpc) is 2.84. The summed E-state index contributed by atoms with van der Waals surface area (Å²) in [6, 6.07) is 8.92. The van der Waals surface area contributed by atoms with Crippen molar-refractivity contribution < 1.29 is 4.57 Å². The van der Waals surface area contributed by atoms with Crippen molar-refractivity contribution in [2.24, 2.45) is 0 Å². The molecular formula is C23H31N2+. The van der Waals surface area contributed by atoms with E-state index in [4.69, 9.17) is 0 Å². The molecule has 3 aromatic rings. The fraction of sp³-hybridized carbons (Fsp3) is 0.435. The Hall–Kier alpha value is -2.09. The lowest BCUT2D eigenvalue weighted by atomic mass is 9.85. The van der Waals surface area contributed by atoms with Gasteiger partial charge in [-0.25, -0.2) is 4.57 Å². The molecule has 132 valence electrons. The van der Waals surface area contributed by atoms with Crippen LogP contribution in [0.3, 0.4) is 0 Å². The van der Waals surface area contributed by atoms with Crippen LogP contribution in [-0.2, 0) is 12.0 Å². The number of hydrogen-bond donors (Lipinski definition) is 0. The van der Waals surface area contributed by atoms with Crippen molar-refractivity contribution in [2.45, 2.75) is 67.9 Å². The van der Waals surface area contributed by atoms with Gasteiger partial charge in [0.25, 0.3) is 5.82 Å². The van der Waals surface area contributed by atoms with E-state index >= 15 is 0 Å². The Labute approximate surface area is 152 Å². The first-order chi connectivity index (χ1) is 11.3. The summed E-state index contributed by atoms with van der Waals surface area (Å²) in [5.41, 5.74) is 11.3. The molecule has 4 rings (SSSR count).